The molecule has 1 heterocycles. The van der Waals surface area contributed by atoms with E-state index in [2.05, 4.69) is 0 Å². The number of nitrogens with zero attached hydrogens (tertiary/aromatic N) is 2. The number of halogens is 2. The molecule has 1 saturated heterocycles. The molecule has 0 radical (unpaired) electrons. The molecule has 4 aromatic rings. The minimum Gasteiger partial charge on any atom is -0.485 e. The van der Waals surface area contributed by atoms with Gasteiger partial charge in [0.1, 0.15) is 18.8 Å². The number of hydrogen-bond donors (Lipinski definition) is 0. The third kappa shape index (κ3) is 5.52. The lowest BCUT2D eigenvalue weighted by Crippen LogP contribution is -2.43. The van der Waals surface area contributed by atoms with Crippen LogP contribution in [0.3, 0.4) is 0 Å². The van der Waals surface area contributed by atoms with E-state index in [0.29, 0.717) is 30.3 Å². The van der Waals surface area contributed by atoms with Crippen LogP contribution in [0.25, 0.3) is 0 Å². The van der Waals surface area contributed by atoms with Crippen LogP contribution in [-0.2, 0) is 24.6 Å². The van der Waals surface area contributed by atoms with E-state index in [1.807, 2.05) is 66.7 Å². The molecule has 8 heteroatoms. The Bertz CT molecular complexity index is 1530. The zero-order chi connectivity index (χ0) is 28.3. The molecule has 1 aliphatic heterocycles. The zero-order valence-electron chi connectivity index (χ0n) is 22.1. The highest BCUT2D eigenvalue weighted by Crippen LogP contribution is 2.36. The third-order valence-corrected chi connectivity index (χ3v) is 6.81. The normalized spacial score (nSPS) is 14.5. The van der Waals surface area contributed by atoms with Gasteiger partial charge in [-0.15, -0.1) is 0 Å². The molecule has 0 aromatic heterocycles. The lowest BCUT2D eigenvalue weighted by molar-refractivity contribution is -0.123. The molecule has 0 saturated carbocycles. The Hall–Kier alpha value is -4.72. The Kier molecular flexibility index (Phi) is 7.51. The Balaban J connectivity index is 1.40. The van der Waals surface area contributed by atoms with Gasteiger partial charge in [-0.3, -0.25) is 4.79 Å². The first kappa shape index (κ1) is 26.9. The summed E-state index contributed by atoms with van der Waals surface area (Å²) in [4.78, 5) is 28.9. The maximum atomic E-state index is 13.9. The van der Waals surface area contributed by atoms with Crippen molar-refractivity contribution in [3.8, 4) is 11.5 Å². The highest BCUT2D eigenvalue weighted by molar-refractivity contribution is 6.22. The van der Waals surface area contributed by atoms with E-state index >= 15 is 0 Å². The van der Waals surface area contributed by atoms with Crippen molar-refractivity contribution >= 4 is 17.6 Å². The lowest BCUT2D eigenvalue weighted by Gasteiger charge is -2.28. The van der Waals surface area contributed by atoms with E-state index in [-0.39, 0.29) is 12.2 Å². The Morgan fingerprint density at radius 1 is 0.675 bits per heavy atom. The van der Waals surface area contributed by atoms with Crippen LogP contribution < -0.4 is 14.4 Å². The fraction of sp³-hybridized carbons (Fsp3) is 0.188. The van der Waals surface area contributed by atoms with Crippen LogP contribution in [0.15, 0.2) is 97.1 Å². The molecule has 0 unspecified atom stereocenters. The molecule has 6 nitrogen and oxygen atoms in total. The largest absolute Gasteiger partial charge is 0.485 e. The summed E-state index contributed by atoms with van der Waals surface area (Å²) in [5.41, 5.74) is 1.43. The van der Waals surface area contributed by atoms with Gasteiger partial charge in [0.25, 0.3) is 5.91 Å². The topological polar surface area (TPSA) is 59.1 Å². The minimum atomic E-state index is -1.23. The van der Waals surface area contributed by atoms with Crippen molar-refractivity contribution in [3.63, 3.8) is 0 Å². The summed E-state index contributed by atoms with van der Waals surface area (Å²) in [5.74, 6) is -1.70. The number of carbonyl (C=O) groups is 2. The first-order valence-corrected chi connectivity index (χ1v) is 12.8. The minimum absolute atomic E-state index is 0.0268. The molecule has 204 valence electrons. The third-order valence-electron chi connectivity index (χ3n) is 6.81. The van der Waals surface area contributed by atoms with Crippen molar-refractivity contribution in [1.29, 1.82) is 0 Å². The number of rotatable bonds is 9. The molecular weight excluding hydrogens is 514 g/mol. The number of ether oxygens (including phenoxy) is 2. The van der Waals surface area contributed by atoms with Gasteiger partial charge in [-0.25, -0.2) is 18.5 Å². The average molecular weight is 543 g/mol. The van der Waals surface area contributed by atoms with Crippen molar-refractivity contribution in [1.82, 2.24) is 4.90 Å². The molecule has 4 aromatic carbocycles. The summed E-state index contributed by atoms with van der Waals surface area (Å²) >= 11 is 0. The van der Waals surface area contributed by atoms with Crippen molar-refractivity contribution < 1.29 is 27.8 Å². The number of hydrogen-bond acceptors (Lipinski definition) is 4. The Morgan fingerprint density at radius 3 is 1.88 bits per heavy atom. The number of imide groups is 1. The van der Waals surface area contributed by atoms with Crippen LogP contribution in [0, 0.1) is 11.6 Å². The van der Waals surface area contributed by atoms with Crippen molar-refractivity contribution in [3.05, 3.63) is 125 Å². The smallest absolute Gasteiger partial charge is 0.332 e. The highest BCUT2D eigenvalue weighted by Gasteiger charge is 2.51. The van der Waals surface area contributed by atoms with Crippen LogP contribution in [0.5, 0.6) is 11.5 Å². The molecule has 3 amide bonds. The molecule has 0 N–H and O–H groups in total. The van der Waals surface area contributed by atoms with E-state index in [4.69, 9.17) is 9.47 Å². The molecular formula is C32H28F2N2O4. The predicted octanol–water partition coefficient (Wildman–Crippen LogP) is 6.87. The van der Waals surface area contributed by atoms with Gasteiger partial charge in [-0.1, -0.05) is 66.7 Å². The first-order valence-electron chi connectivity index (χ1n) is 12.8. The van der Waals surface area contributed by atoms with Crippen LogP contribution in [0.1, 0.15) is 30.5 Å². The van der Waals surface area contributed by atoms with Crippen molar-refractivity contribution in [2.75, 3.05) is 4.90 Å². The number of carbonyl (C=O) groups excluding carboxylic acids is 2. The number of anilines is 1. The van der Waals surface area contributed by atoms with Gasteiger partial charge in [0.15, 0.2) is 23.1 Å². The van der Waals surface area contributed by atoms with Crippen LogP contribution in [-0.4, -0.2) is 22.4 Å². The molecule has 0 aliphatic carbocycles. The van der Waals surface area contributed by atoms with Crippen LogP contribution >= 0.6 is 0 Å². The van der Waals surface area contributed by atoms with Gasteiger partial charge in [-0.05, 0) is 54.8 Å². The van der Waals surface area contributed by atoms with Gasteiger partial charge in [0, 0.05) is 12.6 Å². The van der Waals surface area contributed by atoms with Crippen molar-refractivity contribution in [2.45, 2.75) is 39.1 Å². The fourth-order valence-corrected chi connectivity index (χ4v) is 4.49. The SMILES string of the molecule is CC1(C)C(=O)N(c2ccc(F)c(F)c2)C(=O)N1Cc1ccc(OCc2ccccc2)c(OCc2ccccc2)c1. The molecule has 1 aliphatic rings. The quantitative estimate of drug-likeness (QED) is 0.217. The number of urea groups is 1. The molecule has 0 spiro atoms. The molecule has 0 bridgehead atoms. The van der Waals surface area contributed by atoms with Gasteiger partial charge < -0.3 is 14.4 Å². The summed E-state index contributed by atoms with van der Waals surface area (Å²) in [5, 5.41) is 0. The average Bonchev–Trinajstić information content (AvgIpc) is 3.13. The van der Waals surface area contributed by atoms with E-state index in [9.17, 15) is 18.4 Å². The highest BCUT2D eigenvalue weighted by atomic mass is 19.2. The van der Waals surface area contributed by atoms with Gasteiger partial charge in [0.2, 0.25) is 0 Å². The Morgan fingerprint density at radius 2 is 1.27 bits per heavy atom. The van der Waals surface area contributed by atoms with Gasteiger partial charge in [-0.2, -0.15) is 0 Å². The summed E-state index contributed by atoms with van der Waals surface area (Å²) in [7, 11) is 0. The maximum Gasteiger partial charge on any atom is 0.332 e. The second-order valence-corrected chi connectivity index (χ2v) is 10.00. The molecule has 5 rings (SSSR count). The Labute approximate surface area is 231 Å². The van der Waals surface area contributed by atoms with Gasteiger partial charge in [0.05, 0.1) is 5.69 Å². The van der Waals surface area contributed by atoms with Crippen molar-refractivity contribution in [2.24, 2.45) is 0 Å². The second kappa shape index (κ2) is 11.2. The molecule has 40 heavy (non-hydrogen) atoms. The second-order valence-electron chi connectivity index (χ2n) is 10.00. The van der Waals surface area contributed by atoms with E-state index in [1.54, 1.807) is 26.0 Å². The van der Waals surface area contributed by atoms with E-state index < -0.39 is 29.1 Å². The summed E-state index contributed by atoms with van der Waals surface area (Å²) in [6.07, 6.45) is 0. The predicted molar refractivity (Wildman–Crippen MR) is 147 cm³/mol. The molecule has 0 atom stereocenters. The van der Waals surface area contributed by atoms with Crippen LogP contribution in [0.4, 0.5) is 19.3 Å². The van der Waals surface area contributed by atoms with E-state index in [1.165, 1.54) is 11.0 Å². The van der Waals surface area contributed by atoms with Crippen LogP contribution in [0.2, 0.25) is 0 Å². The summed E-state index contributed by atoms with van der Waals surface area (Å²) in [6.45, 7) is 3.98. The zero-order valence-corrected chi connectivity index (χ0v) is 22.1. The lowest BCUT2D eigenvalue weighted by atomic mass is 10.0. The van der Waals surface area contributed by atoms with Gasteiger partial charge >= 0.3 is 6.03 Å². The number of amides is 3. The summed E-state index contributed by atoms with van der Waals surface area (Å²) in [6, 6.07) is 27.2. The molecule has 1 fully saturated rings. The monoisotopic (exact) mass is 542 g/mol. The summed E-state index contributed by atoms with van der Waals surface area (Å²) < 4.78 is 39.6. The standard InChI is InChI=1S/C32H28F2N2O4/c1-32(2)30(37)36(25-14-15-26(33)27(34)18-25)31(38)35(32)19-24-13-16-28(39-20-22-9-5-3-6-10-22)29(17-24)40-21-23-11-7-4-8-12-23/h3-18H,19-21H2,1-2H3. The maximum absolute atomic E-state index is 13.9. The fourth-order valence-electron chi connectivity index (χ4n) is 4.49. The van der Waals surface area contributed by atoms with E-state index in [0.717, 1.165) is 28.2 Å². The number of benzene rings is 4. The first-order chi connectivity index (χ1) is 19.2.